The van der Waals surface area contributed by atoms with Crippen LogP contribution in [0, 0.1) is 0 Å². The number of amides is 2. The fraction of sp³-hybridized carbons (Fsp3) is 0.611. The van der Waals surface area contributed by atoms with E-state index in [2.05, 4.69) is 11.9 Å². The van der Waals surface area contributed by atoms with E-state index in [4.69, 9.17) is 0 Å². The van der Waals surface area contributed by atoms with Crippen LogP contribution in [0.25, 0.3) is 0 Å². The van der Waals surface area contributed by atoms with Crippen molar-refractivity contribution in [2.75, 3.05) is 33.7 Å². The molecule has 1 aliphatic rings. The lowest BCUT2D eigenvalue weighted by Crippen LogP contribution is -2.58. The third-order valence-electron chi connectivity index (χ3n) is 4.45. The van der Waals surface area contributed by atoms with Crippen LogP contribution in [0.2, 0.25) is 0 Å². The molecule has 1 unspecified atom stereocenters. The van der Waals surface area contributed by atoms with Crippen LogP contribution >= 0.6 is 0 Å². The molecule has 1 aromatic heterocycles. The van der Waals surface area contributed by atoms with Crippen LogP contribution in [0.15, 0.2) is 24.5 Å². The van der Waals surface area contributed by atoms with Crippen molar-refractivity contribution < 1.29 is 9.59 Å². The first-order valence-electron chi connectivity index (χ1n) is 8.64. The first kappa shape index (κ1) is 18.4. The fourth-order valence-electron chi connectivity index (χ4n) is 3.07. The SMILES string of the molecule is CCCCC1C(=O)N(C)CCN1C(=O)CN(C)Cc1cccnc1. The monoisotopic (exact) mass is 332 g/mol. The maximum atomic E-state index is 12.7. The minimum absolute atomic E-state index is 0.0314. The van der Waals surface area contributed by atoms with Gasteiger partial charge in [0.15, 0.2) is 0 Å². The van der Waals surface area contributed by atoms with Crippen LogP contribution in [-0.2, 0) is 16.1 Å². The fourth-order valence-corrected chi connectivity index (χ4v) is 3.07. The second-order valence-corrected chi connectivity index (χ2v) is 6.54. The first-order valence-corrected chi connectivity index (χ1v) is 8.64. The van der Waals surface area contributed by atoms with Crippen molar-refractivity contribution in [1.29, 1.82) is 0 Å². The van der Waals surface area contributed by atoms with E-state index >= 15 is 0 Å². The molecular formula is C18H28N4O2. The van der Waals surface area contributed by atoms with E-state index in [1.165, 1.54) is 0 Å². The Bertz CT molecular complexity index is 549. The number of pyridine rings is 1. The molecule has 0 saturated carbocycles. The molecule has 1 fully saturated rings. The van der Waals surface area contributed by atoms with Crippen molar-refractivity contribution >= 4 is 11.8 Å². The molecule has 0 N–H and O–H groups in total. The molecule has 0 spiro atoms. The normalized spacial score (nSPS) is 18.3. The predicted molar refractivity (Wildman–Crippen MR) is 93.2 cm³/mol. The highest BCUT2D eigenvalue weighted by atomic mass is 16.2. The molecule has 6 heteroatoms. The Labute approximate surface area is 144 Å². The molecular weight excluding hydrogens is 304 g/mol. The van der Waals surface area contributed by atoms with Crippen LogP contribution in [0.4, 0.5) is 0 Å². The van der Waals surface area contributed by atoms with E-state index in [0.29, 0.717) is 26.2 Å². The Hall–Kier alpha value is -1.95. The number of nitrogens with zero attached hydrogens (tertiary/aromatic N) is 4. The third kappa shape index (κ3) is 4.77. The molecule has 0 aliphatic carbocycles. The summed E-state index contributed by atoms with van der Waals surface area (Å²) >= 11 is 0. The molecule has 132 valence electrons. The highest BCUT2D eigenvalue weighted by Gasteiger charge is 2.35. The molecule has 0 aromatic carbocycles. The van der Waals surface area contributed by atoms with E-state index in [9.17, 15) is 9.59 Å². The summed E-state index contributed by atoms with van der Waals surface area (Å²) in [6.45, 7) is 4.32. The number of aromatic nitrogens is 1. The Morgan fingerprint density at radius 3 is 2.88 bits per heavy atom. The van der Waals surface area contributed by atoms with Gasteiger partial charge in [-0.2, -0.15) is 0 Å². The molecule has 0 radical (unpaired) electrons. The zero-order valence-corrected chi connectivity index (χ0v) is 14.9. The lowest BCUT2D eigenvalue weighted by Gasteiger charge is -2.39. The van der Waals surface area contributed by atoms with Crippen molar-refractivity contribution in [2.24, 2.45) is 0 Å². The van der Waals surface area contributed by atoms with Crippen LogP contribution in [-0.4, -0.2) is 71.3 Å². The van der Waals surface area contributed by atoms with E-state index < -0.39 is 0 Å². The van der Waals surface area contributed by atoms with Gasteiger partial charge in [0.05, 0.1) is 6.54 Å². The molecule has 2 heterocycles. The number of unbranched alkanes of at least 4 members (excludes halogenated alkanes) is 1. The van der Waals surface area contributed by atoms with Crippen LogP contribution in [0.3, 0.4) is 0 Å². The molecule has 1 saturated heterocycles. The number of hydrogen-bond acceptors (Lipinski definition) is 4. The summed E-state index contributed by atoms with van der Waals surface area (Å²) in [5.74, 6) is 0.0990. The minimum atomic E-state index is -0.303. The smallest absolute Gasteiger partial charge is 0.245 e. The second-order valence-electron chi connectivity index (χ2n) is 6.54. The second kappa shape index (κ2) is 8.78. The lowest BCUT2D eigenvalue weighted by molar-refractivity contribution is -0.151. The average molecular weight is 332 g/mol. The maximum absolute atomic E-state index is 12.7. The van der Waals surface area contributed by atoms with Gasteiger partial charge >= 0.3 is 0 Å². The first-order chi connectivity index (χ1) is 11.5. The number of rotatable bonds is 7. The molecule has 2 amide bonds. The molecule has 24 heavy (non-hydrogen) atoms. The van der Waals surface area contributed by atoms with Gasteiger partial charge in [0, 0.05) is 39.1 Å². The molecule has 1 aromatic rings. The van der Waals surface area contributed by atoms with Gasteiger partial charge in [0.1, 0.15) is 6.04 Å². The summed E-state index contributed by atoms with van der Waals surface area (Å²) < 4.78 is 0. The minimum Gasteiger partial charge on any atom is -0.342 e. The summed E-state index contributed by atoms with van der Waals surface area (Å²) in [6, 6.07) is 3.59. The highest BCUT2D eigenvalue weighted by molar-refractivity contribution is 5.89. The largest absolute Gasteiger partial charge is 0.342 e. The number of carbonyl (C=O) groups excluding carboxylic acids is 2. The third-order valence-corrected chi connectivity index (χ3v) is 4.45. The molecule has 2 rings (SSSR count). The van der Waals surface area contributed by atoms with Gasteiger partial charge in [-0.25, -0.2) is 0 Å². The Kier molecular flexibility index (Phi) is 6.73. The van der Waals surface area contributed by atoms with Crippen LogP contribution in [0.5, 0.6) is 0 Å². The van der Waals surface area contributed by atoms with Gasteiger partial charge in [0.25, 0.3) is 0 Å². The quantitative estimate of drug-likeness (QED) is 0.757. The highest BCUT2D eigenvalue weighted by Crippen LogP contribution is 2.17. The van der Waals surface area contributed by atoms with Gasteiger partial charge < -0.3 is 9.80 Å². The van der Waals surface area contributed by atoms with Gasteiger partial charge in [0.2, 0.25) is 11.8 Å². The molecule has 6 nitrogen and oxygen atoms in total. The molecule has 1 atom stereocenters. The zero-order chi connectivity index (χ0) is 17.5. The van der Waals surface area contributed by atoms with Crippen LogP contribution < -0.4 is 0 Å². The summed E-state index contributed by atoms with van der Waals surface area (Å²) in [5, 5.41) is 0. The zero-order valence-electron chi connectivity index (χ0n) is 14.9. The van der Waals surface area contributed by atoms with Crippen LogP contribution in [0.1, 0.15) is 31.7 Å². The van der Waals surface area contributed by atoms with Crippen molar-refractivity contribution in [3.05, 3.63) is 30.1 Å². The number of carbonyl (C=O) groups is 2. The lowest BCUT2D eigenvalue weighted by atomic mass is 10.0. The van der Waals surface area contributed by atoms with Gasteiger partial charge in [-0.1, -0.05) is 25.8 Å². The van der Waals surface area contributed by atoms with Crippen molar-refractivity contribution in [3.63, 3.8) is 0 Å². The average Bonchev–Trinajstić information content (AvgIpc) is 2.56. The van der Waals surface area contributed by atoms with Crippen molar-refractivity contribution in [2.45, 2.75) is 38.8 Å². The molecule has 1 aliphatic heterocycles. The Balaban J connectivity index is 1.96. The van der Waals surface area contributed by atoms with E-state index in [0.717, 1.165) is 24.8 Å². The van der Waals surface area contributed by atoms with Gasteiger partial charge in [-0.3, -0.25) is 19.5 Å². The van der Waals surface area contributed by atoms with Gasteiger partial charge in [-0.05, 0) is 25.1 Å². The van der Waals surface area contributed by atoms with E-state index in [1.807, 2.05) is 37.3 Å². The topological polar surface area (TPSA) is 56.8 Å². The number of piperazine rings is 1. The summed E-state index contributed by atoms with van der Waals surface area (Å²) in [5.41, 5.74) is 1.07. The summed E-state index contributed by atoms with van der Waals surface area (Å²) in [6.07, 6.45) is 6.28. The predicted octanol–water partition coefficient (Wildman–Crippen LogP) is 1.37. The van der Waals surface area contributed by atoms with Crippen molar-refractivity contribution in [3.8, 4) is 0 Å². The Morgan fingerprint density at radius 1 is 1.42 bits per heavy atom. The summed E-state index contributed by atoms with van der Waals surface area (Å²) in [4.78, 5) is 34.7. The van der Waals surface area contributed by atoms with Gasteiger partial charge in [-0.15, -0.1) is 0 Å². The Morgan fingerprint density at radius 2 is 2.21 bits per heavy atom. The summed E-state index contributed by atoms with van der Waals surface area (Å²) in [7, 11) is 3.74. The van der Waals surface area contributed by atoms with E-state index in [-0.39, 0.29) is 17.9 Å². The standard InChI is InChI=1S/C18H28N4O2/c1-4-5-8-16-18(24)21(3)10-11-22(16)17(23)14-20(2)13-15-7-6-9-19-12-15/h6-7,9,12,16H,4-5,8,10-11,13-14H2,1-3H3. The van der Waals surface area contributed by atoms with E-state index in [1.54, 1.807) is 16.0 Å². The number of hydrogen-bond donors (Lipinski definition) is 0. The van der Waals surface area contributed by atoms with Crippen molar-refractivity contribution in [1.82, 2.24) is 19.7 Å². The molecule has 0 bridgehead atoms. The maximum Gasteiger partial charge on any atom is 0.245 e. The number of likely N-dealkylation sites (N-methyl/N-ethyl adjacent to an activating group) is 2.